The lowest BCUT2D eigenvalue weighted by Crippen LogP contribution is -2.56. The van der Waals surface area contributed by atoms with Crippen LogP contribution in [0, 0.1) is 11.3 Å². The second-order valence-corrected chi connectivity index (χ2v) is 6.65. The average molecular weight is 235 g/mol. The van der Waals surface area contributed by atoms with Gasteiger partial charge in [0.2, 0.25) is 0 Å². The standard InChI is InChI=1S/C14H25N3/c1-5-6-17-12(15)16-10-14(17)8-11(2)7-13(3,4)9-14/h5,11H,1,6-10H2,2-4H3,(H2,15,16). The van der Waals surface area contributed by atoms with Gasteiger partial charge in [0.1, 0.15) is 0 Å². The minimum atomic E-state index is 0.152. The van der Waals surface area contributed by atoms with Crippen LogP contribution < -0.4 is 5.73 Å². The van der Waals surface area contributed by atoms with Gasteiger partial charge in [0.15, 0.2) is 5.96 Å². The molecule has 2 aliphatic rings. The van der Waals surface area contributed by atoms with Gasteiger partial charge in [-0.25, -0.2) is 0 Å². The molecule has 0 saturated heterocycles. The summed E-state index contributed by atoms with van der Waals surface area (Å²) in [6, 6.07) is 0. The Labute approximate surface area is 105 Å². The van der Waals surface area contributed by atoms with Crippen LogP contribution in [-0.2, 0) is 0 Å². The number of guanidine groups is 1. The minimum absolute atomic E-state index is 0.152. The van der Waals surface area contributed by atoms with E-state index in [-0.39, 0.29) is 5.54 Å². The molecule has 3 nitrogen and oxygen atoms in total. The normalized spacial score (nSPS) is 36.1. The zero-order valence-corrected chi connectivity index (χ0v) is 11.4. The second-order valence-electron chi connectivity index (χ2n) is 6.65. The first-order chi connectivity index (χ1) is 7.88. The van der Waals surface area contributed by atoms with Crippen molar-refractivity contribution in [2.24, 2.45) is 22.1 Å². The van der Waals surface area contributed by atoms with Gasteiger partial charge in [-0.1, -0.05) is 26.8 Å². The molecule has 0 amide bonds. The fourth-order valence-electron chi connectivity index (χ4n) is 4.08. The van der Waals surface area contributed by atoms with Gasteiger partial charge in [0, 0.05) is 6.54 Å². The number of nitrogens with two attached hydrogens (primary N) is 1. The van der Waals surface area contributed by atoms with Crippen LogP contribution in [0.15, 0.2) is 17.6 Å². The zero-order chi connectivity index (χ0) is 12.7. The number of hydrogen-bond acceptors (Lipinski definition) is 3. The highest BCUT2D eigenvalue weighted by atomic mass is 15.4. The van der Waals surface area contributed by atoms with Crippen molar-refractivity contribution in [3.8, 4) is 0 Å². The molecule has 1 heterocycles. The summed E-state index contributed by atoms with van der Waals surface area (Å²) in [5, 5.41) is 0. The fourth-order valence-corrected chi connectivity index (χ4v) is 4.08. The van der Waals surface area contributed by atoms with E-state index in [1.807, 2.05) is 6.08 Å². The van der Waals surface area contributed by atoms with Gasteiger partial charge in [0.05, 0.1) is 12.1 Å². The molecule has 1 fully saturated rings. The van der Waals surface area contributed by atoms with Crippen LogP contribution in [-0.4, -0.2) is 29.5 Å². The lowest BCUT2D eigenvalue weighted by Gasteiger charge is -2.50. The van der Waals surface area contributed by atoms with Crippen LogP contribution >= 0.6 is 0 Å². The molecule has 2 atom stereocenters. The number of aliphatic imine (C=N–C) groups is 1. The molecule has 1 saturated carbocycles. The average Bonchev–Trinajstić information content (AvgIpc) is 2.44. The van der Waals surface area contributed by atoms with E-state index < -0.39 is 0 Å². The Morgan fingerprint density at radius 1 is 1.53 bits per heavy atom. The van der Waals surface area contributed by atoms with E-state index in [0.717, 1.165) is 19.0 Å². The van der Waals surface area contributed by atoms with E-state index >= 15 is 0 Å². The lowest BCUT2D eigenvalue weighted by molar-refractivity contribution is 0.0431. The molecule has 0 bridgehead atoms. The lowest BCUT2D eigenvalue weighted by atomic mass is 9.64. The summed E-state index contributed by atoms with van der Waals surface area (Å²) >= 11 is 0. The summed E-state index contributed by atoms with van der Waals surface area (Å²) in [7, 11) is 0. The quantitative estimate of drug-likeness (QED) is 0.747. The van der Waals surface area contributed by atoms with Gasteiger partial charge in [-0.05, 0) is 30.6 Å². The third kappa shape index (κ3) is 2.20. The smallest absolute Gasteiger partial charge is 0.192 e. The Balaban J connectivity index is 2.26. The molecule has 3 heteroatoms. The summed E-state index contributed by atoms with van der Waals surface area (Å²) in [5.74, 6) is 1.45. The monoisotopic (exact) mass is 235 g/mol. The van der Waals surface area contributed by atoms with Crippen LogP contribution in [0.2, 0.25) is 0 Å². The van der Waals surface area contributed by atoms with E-state index in [1.54, 1.807) is 0 Å². The van der Waals surface area contributed by atoms with E-state index in [9.17, 15) is 0 Å². The Morgan fingerprint density at radius 3 is 2.82 bits per heavy atom. The third-order valence-electron chi connectivity index (χ3n) is 4.13. The SMILES string of the molecule is C=CCN1C(N)=NCC12CC(C)CC(C)(C)C2. The zero-order valence-electron chi connectivity index (χ0n) is 11.4. The Kier molecular flexibility index (Phi) is 2.96. The first-order valence-corrected chi connectivity index (χ1v) is 6.57. The molecule has 2 unspecified atom stereocenters. The van der Waals surface area contributed by atoms with Gasteiger partial charge < -0.3 is 10.6 Å². The van der Waals surface area contributed by atoms with Crippen LogP contribution in [0.5, 0.6) is 0 Å². The molecule has 1 aliphatic carbocycles. The maximum atomic E-state index is 6.03. The molecular formula is C14H25N3. The van der Waals surface area contributed by atoms with Crippen molar-refractivity contribution < 1.29 is 0 Å². The van der Waals surface area contributed by atoms with Crippen molar-refractivity contribution in [3.63, 3.8) is 0 Å². The van der Waals surface area contributed by atoms with Gasteiger partial charge >= 0.3 is 0 Å². The molecule has 96 valence electrons. The van der Waals surface area contributed by atoms with E-state index in [2.05, 4.69) is 37.2 Å². The molecule has 0 aromatic rings. The van der Waals surface area contributed by atoms with Crippen LogP contribution in [0.3, 0.4) is 0 Å². The minimum Gasteiger partial charge on any atom is -0.370 e. The third-order valence-corrected chi connectivity index (χ3v) is 4.13. The molecule has 2 N–H and O–H groups in total. The molecule has 1 aliphatic heterocycles. The molecule has 0 aromatic heterocycles. The van der Waals surface area contributed by atoms with E-state index in [0.29, 0.717) is 11.4 Å². The first-order valence-electron chi connectivity index (χ1n) is 6.57. The van der Waals surface area contributed by atoms with Crippen LogP contribution in [0.25, 0.3) is 0 Å². The first kappa shape index (κ1) is 12.5. The van der Waals surface area contributed by atoms with Crippen molar-refractivity contribution in [1.29, 1.82) is 0 Å². The highest BCUT2D eigenvalue weighted by molar-refractivity contribution is 5.81. The number of rotatable bonds is 2. The topological polar surface area (TPSA) is 41.6 Å². The molecule has 0 aromatic carbocycles. The summed E-state index contributed by atoms with van der Waals surface area (Å²) in [5.41, 5.74) is 6.57. The second kappa shape index (κ2) is 4.04. The van der Waals surface area contributed by atoms with E-state index in [4.69, 9.17) is 5.73 Å². The van der Waals surface area contributed by atoms with Crippen molar-refractivity contribution in [2.75, 3.05) is 13.1 Å². The Bertz CT molecular complexity index is 345. The molecule has 1 spiro atoms. The maximum absolute atomic E-state index is 6.03. The van der Waals surface area contributed by atoms with Crippen LogP contribution in [0.1, 0.15) is 40.0 Å². The summed E-state index contributed by atoms with van der Waals surface area (Å²) < 4.78 is 0. The van der Waals surface area contributed by atoms with Crippen molar-refractivity contribution in [1.82, 2.24) is 4.90 Å². The van der Waals surface area contributed by atoms with Crippen molar-refractivity contribution in [2.45, 2.75) is 45.6 Å². The van der Waals surface area contributed by atoms with Crippen molar-refractivity contribution in [3.05, 3.63) is 12.7 Å². The summed E-state index contributed by atoms with van der Waals surface area (Å²) in [6.07, 6.45) is 5.62. The summed E-state index contributed by atoms with van der Waals surface area (Å²) in [6.45, 7) is 12.6. The van der Waals surface area contributed by atoms with Gasteiger partial charge in [-0.15, -0.1) is 6.58 Å². The number of hydrogen-bond donors (Lipinski definition) is 1. The van der Waals surface area contributed by atoms with Gasteiger partial charge in [0.25, 0.3) is 0 Å². The predicted octanol–water partition coefficient (Wildman–Crippen LogP) is 2.39. The molecule has 17 heavy (non-hydrogen) atoms. The Hall–Kier alpha value is -0.990. The highest BCUT2D eigenvalue weighted by Crippen LogP contribution is 2.48. The number of nitrogens with zero attached hydrogens (tertiary/aromatic N) is 2. The highest BCUT2D eigenvalue weighted by Gasteiger charge is 2.49. The summed E-state index contributed by atoms with van der Waals surface area (Å²) in [4.78, 5) is 6.76. The molecule has 0 radical (unpaired) electrons. The van der Waals surface area contributed by atoms with Gasteiger partial charge in [-0.2, -0.15) is 0 Å². The molecular weight excluding hydrogens is 210 g/mol. The van der Waals surface area contributed by atoms with Crippen LogP contribution in [0.4, 0.5) is 0 Å². The van der Waals surface area contributed by atoms with E-state index in [1.165, 1.54) is 19.3 Å². The molecule has 2 rings (SSSR count). The maximum Gasteiger partial charge on any atom is 0.192 e. The largest absolute Gasteiger partial charge is 0.370 e. The van der Waals surface area contributed by atoms with Crippen molar-refractivity contribution >= 4 is 5.96 Å². The fraction of sp³-hybridized carbons (Fsp3) is 0.786. The van der Waals surface area contributed by atoms with Gasteiger partial charge in [-0.3, -0.25) is 4.99 Å². The Morgan fingerprint density at radius 2 is 2.24 bits per heavy atom. The predicted molar refractivity (Wildman–Crippen MR) is 72.9 cm³/mol.